The maximum Gasteiger partial charge on any atom is 0.254 e. The summed E-state index contributed by atoms with van der Waals surface area (Å²) in [6.07, 6.45) is 0. The number of benzene rings is 2. The summed E-state index contributed by atoms with van der Waals surface area (Å²) in [5.74, 6) is -0.434. The van der Waals surface area contributed by atoms with Gasteiger partial charge in [-0.2, -0.15) is 0 Å². The van der Waals surface area contributed by atoms with Crippen LogP contribution >= 0.6 is 11.6 Å². The predicted octanol–water partition coefficient (Wildman–Crippen LogP) is 3.33. The van der Waals surface area contributed by atoms with Crippen LogP contribution in [-0.4, -0.2) is 15.5 Å². The van der Waals surface area contributed by atoms with Crippen molar-refractivity contribution in [3.05, 3.63) is 87.0 Å². The summed E-state index contributed by atoms with van der Waals surface area (Å²) >= 11 is 6.08. The van der Waals surface area contributed by atoms with Crippen molar-refractivity contribution < 1.29 is 9.18 Å². The molecule has 0 spiro atoms. The minimum absolute atomic E-state index is 0.205. The number of halogens is 2. The minimum atomic E-state index is -0.391. The van der Waals surface area contributed by atoms with E-state index < -0.39 is 5.82 Å². The van der Waals surface area contributed by atoms with E-state index >= 15 is 0 Å². The standard InChI is InChI=1S/C20H17ClFN3O2/c1-13-10-19(27)25(20(24-13)14-6-8-16(22)9-7-14)12-18(26)23-11-15-4-2-3-5-17(15)21/h2-10H,11-12H2,1H3,(H,23,26). The zero-order valence-corrected chi connectivity index (χ0v) is 15.3. The van der Waals surface area contributed by atoms with Gasteiger partial charge in [0.2, 0.25) is 5.91 Å². The fourth-order valence-corrected chi connectivity index (χ4v) is 2.83. The molecule has 0 aliphatic carbocycles. The van der Waals surface area contributed by atoms with Crippen molar-refractivity contribution in [2.75, 3.05) is 0 Å². The van der Waals surface area contributed by atoms with Crippen molar-refractivity contribution in [2.24, 2.45) is 0 Å². The van der Waals surface area contributed by atoms with E-state index in [1.165, 1.54) is 34.9 Å². The molecular weight excluding hydrogens is 369 g/mol. The van der Waals surface area contributed by atoms with Crippen LogP contribution < -0.4 is 10.9 Å². The van der Waals surface area contributed by atoms with Gasteiger partial charge >= 0.3 is 0 Å². The van der Waals surface area contributed by atoms with Crippen LogP contribution in [0.4, 0.5) is 4.39 Å². The number of nitrogens with zero attached hydrogens (tertiary/aromatic N) is 2. The Kier molecular flexibility index (Phi) is 5.66. The maximum absolute atomic E-state index is 13.2. The number of carbonyl (C=O) groups excluding carboxylic acids is 1. The Morgan fingerprint density at radius 1 is 1.19 bits per heavy atom. The molecule has 0 aliphatic rings. The molecule has 3 rings (SSSR count). The first-order valence-corrected chi connectivity index (χ1v) is 8.66. The normalized spacial score (nSPS) is 10.6. The molecule has 138 valence electrons. The number of aryl methyl sites for hydroxylation is 1. The third-order valence-corrected chi connectivity index (χ3v) is 4.34. The van der Waals surface area contributed by atoms with Crippen LogP contribution in [0.15, 0.2) is 59.4 Å². The zero-order chi connectivity index (χ0) is 19.4. The quantitative estimate of drug-likeness (QED) is 0.732. The van der Waals surface area contributed by atoms with E-state index in [1.807, 2.05) is 12.1 Å². The van der Waals surface area contributed by atoms with Gasteiger partial charge in [-0.05, 0) is 42.8 Å². The molecule has 27 heavy (non-hydrogen) atoms. The summed E-state index contributed by atoms with van der Waals surface area (Å²) in [7, 11) is 0. The molecule has 0 atom stereocenters. The minimum Gasteiger partial charge on any atom is -0.350 e. The lowest BCUT2D eigenvalue weighted by molar-refractivity contribution is -0.121. The van der Waals surface area contributed by atoms with E-state index in [2.05, 4.69) is 10.3 Å². The van der Waals surface area contributed by atoms with Crippen LogP contribution in [0.5, 0.6) is 0 Å². The maximum atomic E-state index is 13.2. The average Bonchev–Trinajstić information content (AvgIpc) is 2.64. The summed E-state index contributed by atoms with van der Waals surface area (Å²) in [6.45, 7) is 1.73. The summed E-state index contributed by atoms with van der Waals surface area (Å²) < 4.78 is 14.5. The number of hydrogen-bond donors (Lipinski definition) is 1. The molecule has 3 aromatic rings. The van der Waals surface area contributed by atoms with Gasteiger partial charge in [0.05, 0.1) is 0 Å². The molecule has 0 unspecified atom stereocenters. The summed E-state index contributed by atoms with van der Waals surface area (Å²) in [5, 5.41) is 3.30. The molecule has 0 saturated carbocycles. The lowest BCUT2D eigenvalue weighted by atomic mass is 10.2. The highest BCUT2D eigenvalue weighted by Crippen LogP contribution is 2.17. The van der Waals surface area contributed by atoms with Crippen LogP contribution in [0.2, 0.25) is 5.02 Å². The third-order valence-electron chi connectivity index (χ3n) is 3.97. The highest BCUT2D eigenvalue weighted by atomic mass is 35.5. The second-order valence-electron chi connectivity index (χ2n) is 6.02. The Morgan fingerprint density at radius 3 is 2.59 bits per heavy atom. The van der Waals surface area contributed by atoms with Gasteiger partial charge in [0.1, 0.15) is 18.2 Å². The first-order valence-electron chi connectivity index (χ1n) is 8.28. The molecule has 1 amide bonds. The molecule has 0 bridgehead atoms. The second-order valence-corrected chi connectivity index (χ2v) is 6.43. The number of carbonyl (C=O) groups is 1. The first-order chi connectivity index (χ1) is 12.9. The second kappa shape index (κ2) is 8.14. The van der Waals surface area contributed by atoms with E-state index in [-0.39, 0.29) is 24.6 Å². The number of amides is 1. The van der Waals surface area contributed by atoms with Gasteiger partial charge in [0.15, 0.2) is 0 Å². The summed E-state index contributed by atoms with van der Waals surface area (Å²) in [6, 6.07) is 14.2. The summed E-state index contributed by atoms with van der Waals surface area (Å²) in [4.78, 5) is 29.1. The highest BCUT2D eigenvalue weighted by molar-refractivity contribution is 6.31. The third kappa shape index (κ3) is 4.60. The van der Waals surface area contributed by atoms with Crippen molar-refractivity contribution in [3.8, 4) is 11.4 Å². The van der Waals surface area contributed by atoms with Gasteiger partial charge in [-0.1, -0.05) is 29.8 Å². The number of hydrogen-bond acceptors (Lipinski definition) is 3. The van der Waals surface area contributed by atoms with Crippen molar-refractivity contribution >= 4 is 17.5 Å². The van der Waals surface area contributed by atoms with Gasteiger partial charge < -0.3 is 5.32 Å². The number of rotatable bonds is 5. The topological polar surface area (TPSA) is 64.0 Å². The molecule has 1 N–H and O–H groups in total. The van der Waals surface area contributed by atoms with Crippen molar-refractivity contribution in [3.63, 3.8) is 0 Å². The highest BCUT2D eigenvalue weighted by Gasteiger charge is 2.13. The Morgan fingerprint density at radius 2 is 1.89 bits per heavy atom. The molecule has 0 radical (unpaired) electrons. The lowest BCUT2D eigenvalue weighted by Gasteiger charge is -2.13. The fraction of sp³-hybridized carbons (Fsp3) is 0.150. The zero-order valence-electron chi connectivity index (χ0n) is 14.6. The number of nitrogens with one attached hydrogen (secondary N) is 1. The monoisotopic (exact) mass is 385 g/mol. The van der Waals surface area contributed by atoms with Gasteiger partial charge in [0.25, 0.3) is 5.56 Å². The molecule has 2 aromatic carbocycles. The molecule has 0 aliphatic heterocycles. The van der Waals surface area contributed by atoms with Gasteiger partial charge in [0, 0.05) is 28.9 Å². The fourth-order valence-electron chi connectivity index (χ4n) is 2.63. The largest absolute Gasteiger partial charge is 0.350 e. The van der Waals surface area contributed by atoms with Crippen molar-refractivity contribution in [2.45, 2.75) is 20.0 Å². The van der Waals surface area contributed by atoms with Gasteiger partial charge in [-0.25, -0.2) is 9.37 Å². The Labute approximate surface area is 160 Å². The van der Waals surface area contributed by atoms with Crippen LogP contribution in [0.3, 0.4) is 0 Å². The van der Waals surface area contributed by atoms with E-state index in [9.17, 15) is 14.0 Å². The van der Waals surface area contributed by atoms with Gasteiger partial charge in [-0.15, -0.1) is 0 Å². The first kappa shape index (κ1) is 18.8. The Balaban J connectivity index is 1.83. The van der Waals surface area contributed by atoms with E-state index in [4.69, 9.17) is 11.6 Å². The van der Waals surface area contributed by atoms with Crippen LogP contribution in [0.25, 0.3) is 11.4 Å². The average molecular weight is 386 g/mol. The Bertz CT molecular complexity index is 1030. The lowest BCUT2D eigenvalue weighted by Crippen LogP contribution is -2.33. The van der Waals surface area contributed by atoms with Gasteiger partial charge in [-0.3, -0.25) is 14.2 Å². The molecule has 1 heterocycles. The molecule has 0 saturated heterocycles. The molecule has 7 heteroatoms. The van der Waals surface area contributed by atoms with Crippen LogP contribution in [-0.2, 0) is 17.9 Å². The van der Waals surface area contributed by atoms with Crippen molar-refractivity contribution in [1.29, 1.82) is 0 Å². The van der Waals surface area contributed by atoms with Crippen LogP contribution in [0.1, 0.15) is 11.3 Å². The number of aromatic nitrogens is 2. The van der Waals surface area contributed by atoms with E-state index in [0.29, 0.717) is 22.1 Å². The van der Waals surface area contributed by atoms with Crippen LogP contribution in [0, 0.1) is 12.7 Å². The summed E-state index contributed by atoms with van der Waals surface area (Å²) in [5.41, 5.74) is 1.50. The molecular formula is C20H17ClFN3O2. The molecule has 0 fully saturated rings. The SMILES string of the molecule is Cc1cc(=O)n(CC(=O)NCc2ccccc2Cl)c(-c2ccc(F)cc2)n1. The predicted molar refractivity (Wildman–Crippen MR) is 102 cm³/mol. The van der Waals surface area contributed by atoms with E-state index in [0.717, 1.165) is 5.56 Å². The Hall–Kier alpha value is -2.99. The van der Waals surface area contributed by atoms with Crippen molar-refractivity contribution in [1.82, 2.24) is 14.9 Å². The molecule has 5 nitrogen and oxygen atoms in total. The van der Waals surface area contributed by atoms with E-state index in [1.54, 1.807) is 19.1 Å². The smallest absolute Gasteiger partial charge is 0.254 e. The molecule has 1 aromatic heterocycles.